The molecule has 0 aromatic heterocycles. The lowest BCUT2D eigenvalue weighted by Gasteiger charge is -2.54. The number of phenols is 1. The molecule has 2 aliphatic carbocycles. The number of fused-ring (bicyclic) bond motifs is 1. The summed E-state index contributed by atoms with van der Waals surface area (Å²) in [6.45, 7) is 1.05. The van der Waals surface area contributed by atoms with E-state index in [1.807, 2.05) is 6.07 Å². The number of methoxy groups -OCH3 is 1. The van der Waals surface area contributed by atoms with Crippen molar-refractivity contribution in [2.45, 2.75) is 37.1 Å². The number of allylic oxidation sites excluding steroid dienone is 2. The molecule has 2 bridgehead atoms. The first kappa shape index (κ1) is 12.3. The molecule has 4 rings (SSSR count). The van der Waals surface area contributed by atoms with E-state index in [9.17, 15) is 5.11 Å². The predicted molar refractivity (Wildman–Crippen MR) is 78.3 cm³/mol. The van der Waals surface area contributed by atoms with Gasteiger partial charge in [0.2, 0.25) is 0 Å². The maximum Gasteiger partial charge on any atom is 0.161 e. The van der Waals surface area contributed by atoms with Gasteiger partial charge in [0.1, 0.15) is 0 Å². The van der Waals surface area contributed by atoms with Crippen LogP contribution in [0, 0.1) is 5.92 Å². The molecule has 1 aromatic carbocycles. The zero-order valence-corrected chi connectivity index (χ0v) is 11.9. The molecular formula is C17H21NO2. The number of hydrogen-bond acceptors (Lipinski definition) is 3. The number of benzene rings is 1. The molecule has 1 aliphatic heterocycles. The summed E-state index contributed by atoms with van der Waals surface area (Å²) in [5.74, 6) is 1.60. The molecule has 3 aliphatic rings. The van der Waals surface area contributed by atoms with Crippen molar-refractivity contribution in [1.82, 2.24) is 5.32 Å². The maximum atomic E-state index is 10.7. The first-order valence-corrected chi connectivity index (χ1v) is 7.54. The lowest BCUT2D eigenvalue weighted by molar-refractivity contribution is 0.119. The van der Waals surface area contributed by atoms with Gasteiger partial charge in [-0.2, -0.15) is 0 Å². The van der Waals surface area contributed by atoms with Gasteiger partial charge in [0.25, 0.3) is 0 Å². The van der Waals surface area contributed by atoms with E-state index in [1.165, 1.54) is 11.1 Å². The third-order valence-electron chi connectivity index (χ3n) is 5.60. The monoisotopic (exact) mass is 271 g/mol. The Morgan fingerprint density at radius 1 is 1.35 bits per heavy atom. The molecule has 0 saturated carbocycles. The molecule has 0 amide bonds. The lowest BCUT2D eigenvalue weighted by atomic mass is 9.54. The normalized spacial score (nSPS) is 34.2. The molecule has 3 heteroatoms. The second-order valence-corrected chi connectivity index (χ2v) is 6.34. The van der Waals surface area contributed by atoms with E-state index in [2.05, 4.69) is 23.5 Å². The van der Waals surface area contributed by atoms with Crippen LogP contribution >= 0.6 is 0 Å². The van der Waals surface area contributed by atoms with Crippen molar-refractivity contribution >= 4 is 0 Å². The van der Waals surface area contributed by atoms with Crippen molar-refractivity contribution in [1.29, 1.82) is 0 Å². The molecule has 1 heterocycles. The van der Waals surface area contributed by atoms with E-state index < -0.39 is 0 Å². The van der Waals surface area contributed by atoms with Gasteiger partial charge in [0, 0.05) is 17.0 Å². The highest BCUT2D eigenvalue weighted by atomic mass is 16.5. The molecule has 1 saturated heterocycles. The van der Waals surface area contributed by atoms with E-state index in [0.717, 1.165) is 32.2 Å². The lowest BCUT2D eigenvalue weighted by Crippen LogP contribution is -2.58. The second kappa shape index (κ2) is 4.26. The van der Waals surface area contributed by atoms with Gasteiger partial charge in [-0.25, -0.2) is 0 Å². The molecule has 20 heavy (non-hydrogen) atoms. The minimum atomic E-state index is 0.108. The quantitative estimate of drug-likeness (QED) is 0.771. The van der Waals surface area contributed by atoms with Gasteiger partial charge in [-0.05, 0) is 49.8 Å². The molecule has 0 radical (unpaired) electrons. The second-order valence-electron chi connectivity index (χ2n) is 6.34. The smallest absolute Gasteiger partial charge is 0.161 e. The fourth-order valence-corrected chi connectivity index (χ4v) is 4.74. The van der Waals surface area contributed by atoms with Gasteiger partial charge in [0.15, 0.2) is 11.5 Å². The van der Waals surface area contributed by atoms with Gasteiger partial charge >= 0.3 is 0 Å². The molecule has 1 fully saturated rings. The Balaban J connectivity index is 1.96. The van der Waals surface area contributed by atoms with Gasteiger partial charge in [-0.3, -0.25) is 0 Å². The van der Waals surface area contributed by atoms with Crippen LogP contribution in [-0.4, -0.2) is 24.8 Å². The number of piperidine rings is 1. The van der Waals surface area contributed by atoms with Crippen LogP contribution in [0.2, 0.25) is 0 Å². The van der Waals surface area contributed by atoms with Crippen molar-refractivity contribution in [3.63, 3.8) is 0 Å². The van der Waals surface area contributed by atoms with E-state index in [4.69, 9.17) is 4.74 Å². The Morgan fingerprint density at radius 3 is 3.10 bits per heavy atom. The van der Waals surface area contributed by atoms with Crippen LogP contribution in [0.1, 0.15) is 30.4 Å². The first-order chi connectivity index (χ1) is 9.76. The third-order valence-corrected chi connectivity index (χ3v) is 5.60. The molecule has 3 unspecified atom stereocenters. The Hall–Kier alpha value is -1.48. The van der Waals surface area contributed by atoms with Crippen molar-refractivity contribution in [2.75, 3.05) is 13.7 Å². The summed E-state index contributed by atoms with van der Waals surface area (Å²) >= 11 is 0. The molecule has 2 N–H and O–H groups in total. The van der Waals surface area contributed by atoms with Crippen LogP contribution in [0.15, 0.2) is 24.3 Å². The number of nitrogens with one attached hydrogen (secondary N) is 1. The molecule has 106 valence electrons. The highest BCUT2D eigenvalue weighted by Crippen LogP contribution is 2.56. The largest absolute Gasteiger partial charge is 0.504 e. The topological polar surface area (TPSA) is 41.5 Å². The minimum Gasteiger partial charge on any atom is -0.504 e. The van der Waals surface area contributed by atoms with Crippen molar-refractivity contribution in [2.24, 2.45) is 5.92 Å². The Labute approximate surface area is 119 Å². The summed E-state index contributed by atoms with van der Waals surface area (Å²) in [6, 6.07) is 4.60. The van der Waals surface area contributed by atoms with Gasteiger partial charge < -0.3 is 15.2 Å². The van der Waals surface area contributed by atoms with E-state index >= 15 is 0 Å². The van der Waals surface area contributed by atoms with Gasteiger partial charge in [0.05, 0.1) is 7.11 Å². The summed E-state index contributed by atoms with van der Waals surface area (Å²) in [4.78, 5) is 0. The van der Waals surface area contributed by atoms with Gasteiger partial charge in [-0.15, -0.1) is 0 Å². The summed E-state index contributed by atoms with van der Waals surface area (Å²) < 4.78 is 5.34. The Morgan fingerprint density at radius 2 is 2.25 bits per heavy atom. The van der Waals surface area contributed by atoms with Crippen molar-refractivity contribution in [3.05, 3.63) is 35.4 Å². The first-order valence-electron chi connectivity index (χ1n) is 7.54. The average Bonchev–Trinajstić information content (AvgIpc) is 2.47. The predicted octanol–water partition coefficient (Wildman–Crippen LogP) is 2.52. The molecule has 3 atom stereocenters. The fraction of sp³-hybridized carbons (Fsp3) is 0.529. The summed E-state index contributed by atoms with van der Waals surface area (Å²) in [7, 11) is 1.63. The van der Waals surface area contributed by atoms with Crippen LogP contribution in [0.4, 0.5) is 0 Å². The van der Waals surface area contributed by atoms with Crippen LogP contribution in [0.25, 0.3) is 0 Å². The SMILES string of the molecule is COc1ccc2c(c1O)C13CC=CCC1C(C2)NCC3. The van der Waals surface area contributed by atoms with E-state index in [0.29, 0.717) is 23.5 Å². The number of phenolic OH excluding ortho intramolecular Hbond substituents is 1. The Kier molecular flexibility index (Phi) is 2.61. The standard InChI is InChI=1S/C17H21NO2/c1-20-14-6-5-11-10-13-12-4-2-3-7-17(12,8-9-18-13)15(11)16(14)19/h2-3,5-6,12-13,18-19H,4,7-10H2,1H3. The average molecular weight is 271 g/mol. The van der Waals surface area contributed by atoms with Crippen LogP contribution in [-0.2, 0) is 11.8 Å². The minimum absolute atomic E-state index is 0.108. The highest BCUT2D eigenvalue weighted by molar-refractivity contribution is 5.56. The summed E-state index contributed by atoms with van der Waals surface area (Å²) in [5.41, 5.74) is 2.58. The maximum absolute atomic E-state index is 10.7. The van der Waals surface area contributed by atoms with Crippen LogP contribution in [0.5, 0.6) is 11.5 Å². The van der Waals surface area contributed by atoms with Crippen LogP contribution < -0.4 is 10.1 Å². The summed E-state index contributed by atoms with van der Waals surface area (Å²) in [5, 5.41) is 14.4. The summed E-state index contributed by atoms with van der Waals surface area (Å²) in [6.07, 6.45) is 8.90. The zero-order chi connectivity index (χ0) is 13.7. The van der Waals surface area contributed by atoms with Crippen molar-refractivity contribution in [3.8, 4) is 11.5 Å². The molecular weight excluding hydrogens is 250 g/mol. The van der Waals surface area contributed by atoms with Crippen molar-refractivity contribution < 1.29 is 9.84 Å². The fourth-order valence-electron chi connectivity index (χ4n) is 4.74. The number of aromatic hydroxyl groups is 1. The molecule has 1 aromatic rings. The highest BCUT2D eigenvalue weighted by Gasteiger charge is 2.52. The van der Waals surface area contributed by atoms with Crippen LogP contribution in [0.3, 0.4) is 0 Å². The van der Waals surface area contributed by atoms with E-state index in [-0.39, 0.29) is 5.41 Å². The number of ether oxygens (including phenoxy) is 1. The number of hydrogen-bond donors (Lipinski definition) is 2. The molecule has 0 spiro atoms. The Bertz CT molecular complexity index is 581. The number of rotatable bonds is 1. The zero-order valence-electron chi connectivity index (χ0n) is 11.9. The van der Waals surface area contributed by atoms with Gasteiger partial charge in [-0.1, -0.05) is 18.2 Å². The third kappa shape index (κ3) is 1.44. The molecule has 3 nitrogen and oxygen atoms in total. The van der Waals surface area contributed by atoms with E-state index in [1.54, 1.807) is 7.11 Å².